The molecule has 2 N–H and O–H groups in total. The standard InChI is InChI=1S/C15H23N3O2/c1-19-13-6-4-7-14(12-13)20-11-5-10-18-15-16-8-2-3-9-17-15/h4,6-7,12H,2-3,5,8-11H2,1H3,(H2,16,17,18). The Labute approximate surface area is 120 Å². The SMILES string of the molecule is COc1cccc(OCCCNC2=NCCCCN2)c1. The molecule has 0 bridgehead atoms. The Balaban J connectivity index is 1.62. The molecule has 1 aliphatic rings. The highest BCUT2D eigenvalue weighted by molar-refractivity contribution is 5.79. The van der Waals surface area contributed by atoms with Gasteiger partial charge in [-0.3, -0.25) is 4.99 Å². The first-order valence-electron chi connectivity index (χ1n) is 7.17. The number of guanidine groups is 1. The number of nitrogens with zero attached hydrogens (tertiary/aromatic N) is 1. The molecule has 110 valence electrons. The Morgan fingerprint density at radius 3 is 3.10 bits per heavy atom. The van der Waals surface area contributed by atoms with Gasteiger partial charge in [0.05, 0.1) is 13.7 Å². The predicted octanol–water partition coefficient (Wildman–Crippen LogP) is 1.79. The molecule has 1 heterocycles. The van der Waals surface area contributed by atoms with E-state index in [1.807, 2.05) is 24.3 Å². The minimum absolute atomic E-state index is 0.674. The minimum atomic E-state index is 0.674. The number of nitrogens with one attached hydrogen (secondary N) is 2. The van der Waals surface area contributed by atoms with Crippen molar-refractivity contribution in [3.8, 4) is 11.5 Å². The predicted molar refractivity (Wildman–Crippen MR) is 80.6 cm³/mol. The van der Waals surface area contributed by atoms with Crippen LogP contribution in [0.5, 0.6) is 11.5 Å². The number of ether oxygens (including phenoxy) is 2. The smallest absolute Gasteiger partial charge is 0.191 e. The van der Waals surface area contributed by atoms with Gasteiger partial charge in [0.2, 0.25) is 0 Å². The molecule has 5 nitrogen and oxygen atoms in total. The van der Waals surface area contributed by atoms with E-state index in [0.29, 0.717) is 6.61 Å². The van der Waals surface area contributed by atoms with Crippen LogP contribution in [0.1, 0.15) is 19.3 Å². The molecule has 5 heteroatoms. The van der Waals surface area contributed by atoms with E-state index < -0.39 is 0 Å². The van der Waals surface area contributed by atoms with E-state index in [0.717, 1.165) is 49.9 Å². The van der Waals surface area contributed by atoms with Crippen LogP contribution in [-0.2, 0) is 0 Å². The van der Waals surface area contributed by atoms with E-state index in [2.05, 4.69) is 15.6 Å². The highest BCUT2D eigenvalue weighted by Crippen LogP contribution is 2.18. The molecule has 0 fully saturated rings. The molecular formula is C15H23N3O2. The fourth-order valence-corrected chi connectivity index (χ4v) is 1.97. The molecule has 0 saturated heterocycles. The largest absolute Gasteiger partial charge is 0.497 e. The van der Waals surface area contributed by atoms with Crippen molar-refractivity contribution in [1.82, 2.24) is 10.6 Å². The van der Waals surface area contributed by atoms with Crippen molar-refractivity contribution in [2.45, 2.75) is 19.3 Å². The normalized spacial score (nSPS) is 14.8. The number of methoxy groups -OCH3 is 1. The lowest BCUT2D eigenvalue weighted by Gasteiger charge is -2.11. The summed E-state index contributed by atoms with van der Waals surface area (Å²) in [7, 11) is 1.66. The maximum atomic E-state index is 5.68. The van der Waals surface area contributed by atoms with Crippen LogP contribution in [0.15, 0.2) is 29.3 Å². The second kappa shape index (κ2) is 8.30. The summed E-state index contributed by atoms with van der Waals surface area (Å²) in [6, 6.07) is 7.66. The number of hydrogen-bond donors (Lipinski definition) is 2. The second-order valence-corrected chi connectivity index (χ2v) is 4.67. The molecular weight excluding hydrogens is 254 g/mol. The Morgan fingerprint density at radius 1 is 1.30 bits per heavy atom. The van der Waals surface area contributed by atoms with Gasteiger partial charge in [0.25, 0.3) is 0 Å². The van der Waals surface area contributed by atoms with Crippen LogP contribution >= 0.6 is 0 Å². The van der Waals surface area contributed by atoms with Gasteiger partial charge in [0, 0.05) is 25.7 Å². The third kappa shape index (κ3) is 4.99. The summed E-state index contributed by atoms with van der Waals surface area (Å²) in [4.78, 5) is 4.44. The molecule has 0 saturated carbocycles. The molecule has 1 aromatic carbocycles. The van der Waals surface area contributed by atoms with Crippen molar-refractivity contribution in [2.24, 2.45) is 4.99 Å². The molecule has 0 aromatic heterocycles. The summed E-state index contributed by atoms with van der Waals surface area (Å²) in [6.07, 6.45) is 3.28. The Morgan fingerprint density at radius 2 is 2.20 bits per heavy atom. The zero-order valence-electron chi connectivity index (χ0n) is 12.0. The fraction of sp³-hybridized carbons (Fsp3) is 0.533. The number of hydrogen-bond acceptors (Lipinski definition) is 5. The summed E-state index contributed by atoms with van der Waals surface area (Å²) in [5, 5.41) is 6.59. The molecule has 0 radical (unpaired) electrons. The zero-order valence-corrected chi connectivity index (χ0v) is 12.0. The summed E-state index contributed by atoms with van der Waals surface area (Å²) < 4.78 is 10.8. The molecule has 1 aromatic rings. The quantitative estimate of drug-likeness (QED) is 0.778. The van der Waals surface area contributed by atoms with Crippen LogP contribution in [-0.4, -0.2) is 39.3 Å². The summed E-state index contributed by atoms with van der Waals surface area (Å²) >= 11 is 0. The maximum Gasteiger partial charge on any atom is 0.191 e. The minimum Gasteiger partial charge on any atom is -0.497 e. The van der Waals surface area contributed by atoms with Crippen molar-refractivity contribution in [2.75, 3.05) is 33.4 Å². The highest BCUT2D eigenvalue weighted by atomic mass is 16.5. The third-order valence-corrected chi connectivity index (χ3v) is 3.07. The van der Waals surface area contributed by atoms with Gasteiger partial charge in [-0.1, -0.05) is 6.07 Å². The van der Waals surface area contributed by atoms with Crippen LogP contribution < -0.4 is 20.1 Å². The van der Waals surface area contributed by atoms with Crippen molar-refractivity contribution < 1.29 is 9.47 Å². The molecule has 2 rings (SSSR count). The van der Waals surface area contributed by atoms with Gasteiger partial charge in [-0.05, 0) is 31.4 Å². The van der Waals surface area contributed by atoms with Crippen LogP contribution in [0.3, 0.4) is 0 Å². The first-order valence-corrected chi connectivity index (χ1v) is 7.17. The average Bonchev–Trinajstić information content (AvgIpc) is 2.76. The Kier molecular flexibility index (Phi) is 6.02. The lowest BCUT2D eigenvalue weighted by Crippen LogP contribution is -2.37. The average molecular weight is 277 g/mol. The first kappa shape index (κ1) is 14.5. The van der Waals surface area contributed by atoms with E-state index in [9.17, 15) is 0 Å². The summed E-state index contributed by atoms with van der Waals surface area (Å²) in [5.41, 5.74) is 0. The van der Waals surface area contributed by atoms with Crippen LogP contribution in [0.25, 0.3) is 0 Å². The number of benzene rings is 1. The molecule has 0 atom stereocenters. The van der Waals surface area contributed by atoms with Gasteiger partial charge in [-0.15, -0.1) is 0 Å². The van der Waals surface area contributed by atoms with E-state index in [-0.39, 0.29) is 0 Å². The monoisotopic (exact) mass is 277 g/mol. The van der Waals surface area contributed by atoms with Crippen LogP contribution in [0.4, 0.5) is 0 Å². The van der Waals surface area contributed by atoms with Gasteiger partial charge in [-0.2, -0.15) is 0 Å². The Bertz CT molecular complexity index is 435. The third-order valence-electron chi connectivity index (χ3n) is 3.07. The number of rotatable bonds is 6. The van der Waals surface area contributed by atoms with E-state index in [1.54, 1.807) is 7.11 Å². The lowest BCUT2D eigenvalue weighted by atomic mass is 10.3. The molecule has 0 aliphatic carbocycles. The van der Waals surface area contributed by atoms with Crippen molar-refractivity contribution in [1.29, 1.82) is 0 Å². The van der Waals surface area contributed by atoms with Crippen molar-refractivity contribution >= 4 is 5.96 Å². The van der Waals surface area contributed by atoms with E-state index in [4.69, 9.17) is 9.47 Å². The van der Waals surface area contributed by atoms with E-state index in [1.165, 1.54) is 6.42 Å². The van der Waals surface area contributed by atoms with E-state index >= 15 is 0 Å². The number of aliphatic imine (C=N–C) groups is 1. The lowest BCUT2D eigenvalue weighted by molar-refractivity contribution is 0.308. The summed E-state index contributed by atoms with van der Waals surface area (Å²) in [5.74, 6) is 2.58. The van der Waals surface area contributed by atoms with Gasteiger partial charge in [-0.25, -0.2) is 0 Å². The molecule has 1 aliphatic heterocycles. The van der Waals surface area contributed by atoms with Gasteiger partial charge >= 0.3 is 0 Å². The maximum absolute atomic E-state index is 5.68. The second-order valence-electron chi connectivity index (χ2n) is 4.67. The van der Waals surface area contributed by atoms with Crippen molar-refractivity contribution in [3.63, 3.8) is 0 Å². The highest BCUT2D eigenvalue weighted by Gasteiger charge is 2.02. The van der Waals surface area contributed by atoms with Crippen LogP contribution in [0.2, 0.25) is 0 Å². The van der Waals surface area contributed by atoms with Gasteiger partial charge in [0.15, 0.2) is 5.96 Å². The topological polar surface area (TPSA) is 54.9 Å². The Hall–Kier alpha value is -1.91. The first-order chi connectivity index (χ1) is 9.88. The fourth-order valence-electron chi connectivity index (χ4n) is 1.97. The van der Waals surface area contributed by atoms with Crippen molar-refractivity contribution in [3.05, 3.63) is 24.3 Å². The van der Waals surface area contributed by atoms with Gasteiger partial charge < -0.3 is 20.1 Å². The molecule has 0 spiro atoms. The molecule has 0 unspecified atom stereocenters. The molecule has 20 heavy (non-hydrogen) atoms. The van der Waals surface area contributed by atoms with Crippen LogP contribution in [0, 0.1) is 0 Å². The summed E-state index contributed by atoms with van der Waals surface area (Å²) in [6.45, 7) is 3.45. The molecule has 0 amide bonds. The zero-order chi connectivity index (χ0) is 14.0. The van der Waals surface area contributed by atoms with Gasteiger partial charge in [0.1, 0.15) is 11.5 Å².